The highest BCUT2D eigenvalue weighted by atomic mass is 16.2. The predicted molar refractivity (Wildman–Crippen MR) is 81.7 cm³/mol. The Labute approximate surface area is 127 Å². The van der Waals surface area contributed by atoms with Gasteiger partial charge in [0.1, 0.15) is 6.04 Å². The Kier molecular flexibility index (Phi) is 5.04. The van der Waals surface area contributed by atoms with E-state index in [4.69, 9.17) is 11.0 Å². The van der Waals surface area contributed by atoms with Crippen molar-refractivity contribution in [2.45, 2.75) is 25.3 Å². The van der Waals surface area contributed by atoms with E-state index in [-0.39, 0.29) is 0 Å². The standard InChI is InChI=1S/C16H16N4O2/c17-9-2-1-8-13(15(18)21)20-16(22)12-7-3-5-11-6-4-10-19-14(11)12/h3-7,10,13H,1-2,8H2,(H2,18,21)(H,20,22)/t13-/m1/s1. The number of primary amides is 1. The Morgan fingerprint density at radius 1 is 1.32 bits per heavy atom. The van der Waals surface area contributed by atoms with Crippen LogP contribution in [0, 0.1) is 11.3 Å². The molecule has 0 aliphatic heterocycles. The third kappa shape index (κ3) is 3.58. The second-order valence-corrected chi connectivity index (χ2v) is 4.86. The van der Waals surface area contributed by atoms with Crippen molar-refractivity contribution in [3.63, 3.8) is 0 Å². The largest absolute Gasteiger partial charge is 0.368 e. The average molecular weight is 296 g/mol. The third-order valence-corrected chi connectivity index (χ3v) is 3.31. The lowest BCUT2D eigenvalue weighted by atomic mass is 10.1. The molecule has 3 N–H and O–H groups in total. The molecular weight excluding hydrogens is 280 g/mol. The van der Waals surface area contributed by atoms with E-state index in [0.29, 0.717) is 30.3 Å². The van der Waals surface area contributed by atoms with Crippen molar-refractivity contribution in [2.24, 2.45) is 5.73 Å². The molecule has 0 saturated carbocycles. The first-order valence-corrected chi connectivity index (χ1v) is 6.94. The van der Waals surface area contributed by atoms with Gasteiger partial charge in [0.2, 0.25) is 5.91 Å². The number of amides is 2. The summed E-state index contributed by atoms with van der Waals surface area (Å²) in [6, 6.07) is 10.1. The van der Waals surface area contributed by atoms with Crippen LogP contribution in [0.5, 0.6) is 0 Å². The number of nitriles is 1. The zero-order chi connectivity index (χ0) is 15.9. The van der Waals surface area contributed by atoms with Gasteiger partial charge in [0.05, 0.1) is 17.1 Å². The van der Waals surface area contributed by atoms with Crippen molar-refractivity contribution in [1.29, 1.82) is 5.26 Å². The van der Waals surface area contributed by atoms with Gasteiger partial charge in [0.25, 0.3) is 5.91 Å². The molecule has 1 aromatic carbocycles. The Hall–Kier alpha value is -2.94. The molecule has 2 amide bonds. The van der Waals surface area contributed by atoms with Crippen LogP contribution in [-0.2, 0) is 4.79 Å². The number of pyridine rings is 1. The van der Waals surface area contributed by atoms with E-state index in [1.54, 1.807) is 24.4 Å². The zero-order valence-corrected chi connectivity index (χ0v) is 12.0. The number of hydrogen-bond donors (Lipinski definition) is 2. The van der Waals surface area contributed by atoms with Gasteiger partial charge in [-0.3, -0.25) is 14.6 Å². The van der Waals surface area contributed by atoms with Crippen LogP contribution in [0.1, 0.15) is 29.6 Å². The number of nitrogens with zero attached hydrogens (tertiary/aromatic N) is 2. The average Bonchev–Trinajstić information content (AvgIpc) is 2.53. The van der Waals surface area contributed by atoms with Crippen LogP contribution in [0.25, 0.3) is 10.9 Å². The topological polar surface area (TPSA) is 109 Å². The van der Waals surface area contributed by atoms with Gasteiger partial charge >= 0.3 is 0 Å². The summed E-state index contributed by atoms with van der Waals surface area (Å²) in [6.45, 7) is 0. The van der Waals surface area contributed by atoms with Crippen LogP contribution in [0.4, 0.5) is 0 Å². The van der Waals surface area contributed by atoms with Crippen LogP contribution in [0.3, 0.4) is 0 Å². The number of nitrogens with two attached hydrogens (primary N) is 1. The molecule has 1 heterocycles. The molecule has 1 aromatic heterocycles. The molecule has 2 rings (SSSR count). The molecule has 0 unspecified atom stereocenters. The number of nitrogens with one attached hydrogen (secondary N) is 1. The summed E-state index contributed by atoms with van der Waals surface area (Å²) in [4.78, 5) is 28.0. The maximum atomic E-state index is 12.4. The summed E-state index contributed by atoms with van der Waals surface area (Å²) >= 11 is 0. The van der Waals surface area contributed by atoms with Crippen LogP contribution >= 0.6 is 0 Å². The van der Waals surface area contributed by atoms with Crippen molar-refractivity contribution in [3.05, 3.63) is 42.1 Å². The number of para-hydroxylation sites is 1. The normalized spacial score (nSPS) is 11.6. The Morgan fingerprint density at radius 2 is 2.09 bits per heavy atom. The Bertz CT molecular complexity index is 731. The SMILES string of the molecule is N#CCCC[C@@H](NC(=O)c1cccc2cccnc12)C(N)=O. The van der Waals surface area contributed by atoms with Gasteiger partial charge in [-0.1, -0.05) is 18.2 Å². The van der Waals surface area contributed by atoms with Gasteiger partial charge in [0, 0.05) is 18.0 Å². The molecule has 0 saturated heterocycles. The van der Waals surface area contributed by atoms with Crippen LogP contribution in [-0.4, -0.2) is 22.8 Å². The molecule has 6 nitrogen and oxygen atoms in total. The molecule has 0 aliphatic rings. The predicted octanol–water partition coefficient (Wildman–Crippen LogP) is 1.51. The summed E-state index contributed by atoms with van der Waals surface area (Å²) in [6.07, 6.45) is 2.76. The summed E-state index contributed by atoms with van der Waals surface area (Å²) in [5, 5.41) is 12.0. The fourth-order valence-electron chi connectivity index (χ4n) is 2.19. The van der Waals surface area contributed by atoms with Crippen molar-refractivity contribution >= 4 is 22.7 Å². The van der Waals surface area contributed by atoms with Crippen molar-refractivity contribution in [1.82, 2.24) is 10.3 Å². The van der Waals surface area contributed by atoms with E-state index in [2.05, 4.69) is 10.3 Å². The minimum atomic E-state index is -0.792. The van der Waals surface area contributed by atoms with Crippen molar-refractivity contribution < 1.29 is 9.59 Å². The number of unbranched alkanes of at least 4 members (excludes halogenated alkanes) is 1. The lowest BCUT2D eigenvalue weighted by molar-refractivity contribution is -0.120. The molecular formula is C16H16N4O2. The van der Waals surface area contributed by atoms with Crippen molar-refractivity contribution in [2.75, 3.05) is 0 Å². The summed E-state index contributed by atoms with van der Waals surface area (Å²) in [5.41, 5.74) is 6.27. The molecule has 0 aliphatic carbocycles. The van der Waals surface area contributed by atoms with E-state index >= 15 is 0 Å². The number of carbonyl (C=O) groups excluding carboxylic acids is 2. The van der Waals surface area contributed by atoms with E-state index in [1.165, 1.54) is 0 Å². The fourth-order valence-corrected chi connectivity index (χ4v) is 2.19. The first kappa shape index (κ1) is 15.4. The second-order valence-electron chi connectivity index (χ2n) is 4.86. The second kappa shape index (κ2) is 7.18. The molecule has 1 atom stereocenters. The van der Waals surface area contributed by atoms with Crippen molar-refractivity contribution in [3.8, 4) is 6.07 Å². The van der Waals surface area contributed by atoms with E-state index < -0.39 is 17.9 Å². The number of rotatable bonds is 6. The van der Waals surface area contributed by atoms with Crippen LogP contribution < -0.4 is 11.1 Å². The van der Waals surface area contributed by atoms with E-state index in [0.717, 1.165) is 5.39 Å². The first-order chi connectivity index (χ1) is 10.6. The Balaban J connectivity index is 2.19. The maximum Gasteiger partial charge on any atom is 0.254 e. The molecule has 0 fully saturated rings. The summed E-state index contributed by atoms with van der Waals surface area (Å²) in [7, 11) is 0. The van der Waals surface area contributed by atoms with E-state index in [1.807, 2.05) is 18.2 Å². The number of aromatic nitrogens is 1. The molecule has 0 bridgehead atoms. The third-order valence-electron chi connectivity index (χ3n) is 3.31. The highest BCUT2D eigenvalue weighted by Crippen LogP contribution is 2.16. The molecule has 112 valence electrons. The molecule has 2 aromatic rings. The lowest BCUT2D eigenvalue weighted by Crippen LogP contribution is -2.44. The van der Waals surface area contributed by atoms with Gasteiger partial charge in [0.15, 0.2) is 0 Å². The number of carbonyl (C=O) groups is 2. The van der Waals surface area contributed by atoms with Gasteiger partial charge in [-0.05, 0) is 25.0 Å². The molecule has 0 radical (unpaired) electrons. The molecule has 0 spiro atoms. The monoisotopic (exact) mass is 296 g/mol. The first-order valence-electron chi connectivity index (χ1n) is 6.94. The molecule has 6 heteroatoms. The Morgan fingerprint density at radius 3 is 2.82 bits per heavy atom. The smallest absolute Gasteiger partial charge is 0.254 e. The van der Waals surface area contributed by atoms with Gasteiger partial charge in [-0.25, -0.2) is 0 Å². The summed E-state index contributed by atoms with van der Waals surface area (Å²) < 4.78 is 0. The number of benzene rings is 1. The van der Waals surface area contributed by atoms with Crippen LogP contribution in [0.15, 0.2) is 36.5 Å². The van der Waals surface area contributed by atoms with Gasteiger partial charge in [-0.15, -0.1) is 0 Å². The van der Waals surface area contributed by atoms with Gasteiger partial charge in [-0.2, -0.15) is 5.26 Å². The lowest BCUT2D eigenvalue weighted by Gasteiger charge is -2.15. The quantitative estimate of drug-likeness (QED) is 0.787. The maximum absolute atomic E-state index is 12.4. The van der Waals surface area contributed by atoms with E-state index in [9.17, 15) is 9.59 Å². The highest BCUT2D eigenvalue weighted by Gasteiger charge is 2.20. The number of hydrogen-bond acceptors (Lipinski definition) is 4. The number of fused-ring (bicyclic) bond motifs is 1. The summed E-state index contributed by atoms with van der Waals surface area (Å²) in [5.74, 6) is -1.01. The zero-order valence-electron chi connectivity index (χ0n) is 12.0. The van der Waals surface area contributed by atoms with Crippen LogP contribution in [0.2, 0.25) is 0 Å². The highest BCUT2D eigenvalue weighted by molar-refractivity contribution is 6.06. The fraction of sp³-hybridized carbons (Fsp3) is 0.250. The minimum absolute atomic E-state index is 0.315. The van der Waals surface area contributed by atoms with Gasteiger partial charge < -0.3 is 11.1 Å². The molecule has 22 heavy (non-hydrogen) atoms. The minimum Gasteiger partial charge on any atom is -0.368 e.